The first-order valence-corrected chi connectivity index (χ1v) is 5.59. The SMILES string of the molecule is COCCCNC(=S)Nc1cc(C)ccn1. The molecular weight excluding hydrogens is 222 g/mol. The minimum Gasteiger partial charge on any atom is -0.385 e. The molecule has 0 aliphatic carbocycles. The highest BCUT2D eigenvalue weighted by Gasteiger charge is 1.97. The van der Waals surface area contributed by atoms with Crippen LogP contribution in [0.4, 0.5) is 5.82 Å². The molecule has 0 unspecified atom stereocenters. The van der Waals surface area contributed by atoms with Crippen molar-refractivity contribution in [1.82, 2.24) is 10.3 Å². The van der Waals surface area contributed by atoms with Gasteiger partial charge in [0.25, 0.3) is 0 Å². The second-order valence-corrected chi connectivity index (χ2v) is 3.85. The van der Waals surface area contributed by atoms with Gasteiger partial charge in [0.15, 0.2) is 5.11 Å². The molecule has 0 amide bonds. The Labute approximate surface area is 101 Å². The maximum atomic E-state index is 5.13. The smallest absolute Gasteiger partial charge is 0.171 e. The summed E-state index contributed by atoms with van der Waals surface area (Å²) in [4.78, 5) is 4.16. The van der Waals surface area contributed by atoms with E-state index in [-0.39, 0.29) is 0 Å². The van der Waals surface area contributed by atoms with Crippen molar-refractivity contribution in [2.45, 2.75) is 13.3 Å². The zero-order valence-electron chi connectivity index (χ0n) is 9.62. The van der Waals surface area contributed by atoms with Crippen molar-refractivity contribution >= 4 is 23.1 Å². The molecule has 0 aliphatic rings. The lowest BCUT2D eigenvalue weighted by Crippen LogP contribution is -2.30. The Morgan fingerprint density at radius 1 is 1.56 bits per heavy atom. The third-order valence-electron chi connectivity index (χ3n) is 1.97. The number of pyridine rings is 1. The molecule has 0 fully saturated rings. The van der Waals surface area contributed by atoms with Crippen LogP contribution in [-0.2, 0) is 4.74 Å². The van der Waals surface area contributed by atoms with Gasteiger partial charge in [0.05, 0.1) is 0 Å². The van der Waals surface area contributed by atoms with E-state index in [1.807, 2.05) is 19.1 Å². The Kier molecular flexibility index (Phi) is 5.74. The Balaban J connectivity index is 2.29. The van der Waals surface area contributed by atoms with Gasteiger partial charge in [-0.05, 0) is 43.3 Å². The van der Waals surface area contributed by atoms with Crippen molar-refractivity contribution in [3.05, 3.63) is 23.9 Å². The number of aromatic nitrogens is 1. The molecular formula is C11H17N3OS. The Hall–Kier alpha value is -1.20. The van der Waals surface area contributed by atoms with Gasteiger partial charge < -0.3 is 15.4 Å². The van der Waals surface area contributed by atoms with Gasteiger partial charge in [0.2, 0.25) is 0 Å². The average Bonchev–Trinajstić information content (AvgIpc) is 2.24. The zero-order valence-corrected chi connectivity index (χ0v) is 10.4. The molecule has 4 nitrogen and oxygen atoms in total. The van der Waals surface area contributed by atoms with E-state index >= 15 is 0 Å². The predicted octanol–water partition coefficient (Wildman–Crippen LogP) is 1.71. The van der Waals surface area contributed by atoms with Crippen LogP contribution in [0.25, 0.3) is 0 Å². The minimum absolute atomic E-state index is 0.592. The van der Waals surface area contributed by atoms with Gasteiger partial charge >= 0.3 is 0 Å². The van der Waals surface area contributed by atoms with E-state index in [4.69, 9.17) is 17.0 Å². The quantitative estimate of drug-likeness (QED) is 0.605. The number of nitrogens with one attached hydrogen (secondary N) is 2. The van der Waals surface area contributed by atoms with E-state index in [0.717, 1.165) is 31.0 Å². The molecule has 0 saturated carbocycles. The molecule has 0 radical (unpaired) electrons. The third kappa shape index (κ3) is 5.04. The van der Waals surface area contributed by atoms with Crippen LogP contribution in [0.15, 0.2) is 18.3 Å². The first kappa shape index (κ1) is 12.9. The van der Waals surface area contributed by atoms with Crippen LogP contribution in [0.5, 0.6) is 0 Å². The van der Waals surface area contributed by atoms with Crippen LogP contribution in [0.1, 0.15) is 12.0 Å². The normalized spacial score (nSPS) is 9.88. The summed E-state index contributed by atoms with van der Waals surface area (Å²) in [5, 5.41) is 6.71. The first-order chi connectivity index (χ1) is 7.72. The monoisotopic (exact) mass is 239 g/mol. The molecule has 1 aromatic rings. The topological polar surface area (TPSA) is 46.2 Å². The molecule has 0 aliphatic heterocycles. The maximum absolute atomic E-state index is 5.13. The number of nitrogens with zero attached hydrogens (tertiary/aromatic N) is 1. The van der Waals surface area contributed by atoms with Gasteiger partial charge in [0.1, 0.15) is 5.82 Å². The van der Waals surface area contributed by atoms with Crippen molar-refractivity contribution in [1.29, 1.82) is 0 Å². The number of hydrogen-bond acceptors (Lipinski definition) is 3. The lowest BCUT2D eigenvalue weighted by molar-refractivity contribution is 0.196. The number of aryl methyl sites for hydroxylation is 1. The first-order valence-electron chi connectivity index (χ1n) is 5.19. The Morgan fingerprint density at radius 3 is 3.06 bits per heavy atom. The predicted molar refractivity (Wildman–Crippen MR) is 69.7 cm³/mol. The Morgan fingerprint density at radius 2 is 2.38 bits per heavy atom. The number of thiocarbonyl (C=S) groups is 1. The largest absolute Gasteiger partial charge is 0.385 e. The zero-order chi connectivity index (χ0) is 11.8. The summed E-state index contributed by atoms with van der Waals surface area (Å²) in [5.41, 5.74) is 1.15. The van der Waals surface area contributed by atoms with Gasteiger partial charge in [-0.25, -0.2) is 4.98 Å². The molecule has 88 valence electrons. The molecule has 1 rings (SSSR count). The van der Waals surface area contributed by atoms with E-state index in [2.05, 4.69) is 15.6 Å². The molecule has 1 aromatic heterocycles. The van der Waals surface area contributed by atoms with Crippen LogP contribution in [0, 0.1) is 6.92 Å². The van der Waals surface area contributed by atoms with Crippen LogP contribution in [-0.4, -0.2) is 30.4 Å². The summed E-state index contributed by atoms with van der Waals surface area (Å²) in [7, 11) is 1.69. The highest BCUT2D eigenvalue weighted by atomic mass is 32.1. The molecule has 0 spiro atoms. The number of rotatable bonds is 5. The van der Waals surface area contributed by atoms with Gasteiger partial charge in [-0.1, -0.05) is 0 Å². The number of ether oxygens (including phenoxy) is 1. The van der Waals surface area contributed by atoms with Crippen molar-refractivity contribution in [3.8, 4) is 0 Å². The highest BCUT2D eigenvalue weighted by molar-refractivity contribution is 7.80. The van der Waals surface area contributed by atoms with E-state index in [1.165, 1.54) is 0 Å². The summed E-state index contributed by atoms with van der Waals surface area (Å²) in [6.07, 6.45) is 2.69. The second-order valence-electron chi connectivity index (χ2n) is 3.45. The van der Waals surface area contributed by atoms with E-state index in [1.54, 1.807) is 13.3 Å². The molecule has 5 heteroatoms. The number of hydrogen-bond donors (Lipinski definition) is 2. The van der Waals surface area contributed by atoms with Gasteiger partial charge in [-0.15, -0.1) is 0 Å². The maximum Gasteiger partial charge on any atom is 0.171 e. The molecule has 16 heavy (non-hydrogen) atoms. The molecule has 2 N–H and O–H groups in total. The molecule has 0 saturated heterocycles. The fourth-order valence-electron chi connectivity index (χ4n) is 1.18. The number of methoxy groups -OCH3 is 1. The number of anilines is 1. The third-order valence-corrected chi connectivity index (χ3v) is 2.21. The summed E-state index contributed by atoms with van der Waals surface area (Å²) in [6.45, 7) is 3.55. The standard InChI is InChI=1S/C11H17N3OS/c1-9-4-6-12-10(8-9)14-11(16)13-5-3-7-15-2/h4,6,8H,3,5,7H2,1-2H3,(H2,12,13,14,16). The molecule has 1 heterocycles. The van der Waals surface area contributed by atoms with E-state index in [9.17, 15) is 0 Å². The van der Waals surface area contributed by atoms with E-state index < -0.39 is 0 Å². The van der Waals surface area contributed by atoms with Crippen molar-refractivity contribution in [2.24, 2.45) is 0 Å². The van der Waals surface area contributed by atoms with Crippen molar-refractivity contribution in [3.63, 3.8) is 0 Å². The van der Waals surface area contributed by atoms with Crippen LogP contribution < -0.4 is 10.6 Å². The lowest BCUT2D eigenvalue weighted by Gasteiger charge is -2.09. The average molecular weight is 239 g/mol. The van der Waals surface area contributed by atoms with Crippen LogP contribution >= 0.6 is 12.2 Å². The van der Waals surface area contributed by atoms with Gasteiger partial charge in [-0.3, -0.25) is 0 Å². The minimum atomic E-state index is 0.592. The summed E-state index contributed by atoms with van der Waals surface area (Å²) >= 11 is 5.13. The van der Waals surface area contributed by atoms with Crippen molar-refractivity contribution in [2.75, 3.05) is 25.6 Å². The fourth-order valence-corrected chi connectivity index (χ4v) is 1.39. The van der Waals surface area contributed by atoms with Gasteiger partial charge in [0, 0.05) is 26.5 Å². The van der Waals surface area contributed by atoms with Crippen molar-refractivity contribution < 1.29 is 4.74 Å². The summed E-state index contributed by atoms with van der Waals surface area (Å²) < 4.78 is 4.94. The summed E-state index contributed by atoms with van der Waals surface area (Å²) in [6, 6.07) is 3.89. The Bertz CT molecular complexity index is 344. The molecule has 0 aromatic carbocycles. The van der Waals surface area contributed by atoms with E-state index in [0.29, 0.717) is 5.11 Å². The molecule has 0 atom stereocenters. The second kappa shape index (κ2) is 7.14. The lowest BCUT2D eigenvalue weighted by atomic mass is 10.3. The van der Waals surface area contributed by atoms with Crippen LogP contribution in [0.3, 0.4) is 0 Å². The van der Waals surface area contributed by atoms with Gasteiger partial charge in [-0.2, -0.15) is 0 Å². The highest BCUT2D eigenvalue weighted by Crippen LogP contribution is 2.04. The molecule has 0 bridgehead atoms. The van der Waals surface area contributed by atoms with Crippen LogP contribution in [0.2, 0.25) is 0 Å². The fraction of sp³-hybridized carbons (Fsp3) is 0.455. The summed E-state index contributed by atoms with van der Waals surface area (Å²) in [5.74, 6) is 0.768.